The summed E-state index contributed by atoms with van der Waals surface area (Å²) in [6.07, 6.45) is 0.771. The van der Waals surface area contributed by atoms with E-state index in [0.29, 0.717) is 22.2 Å². The molecule has 0 saturated heterocycles. The van der Waals surface area contributed by atoms with Gasteiger partial charge in [0.2, 0.25) is 10.0 Å². The standard InChI is InChI=1S/C15H18BrFN4O4S/c1-21(2)26(23,24)7-3-4-13-15(20-25-19-13)14(18-22)9-10-5-6-12(17)11(16)8-10/h5-6,8,22H,3-4,7,9H2,1-2H3/b18-14+. The highest BCUT2D eigenvalue weighted by Crippen LogP contribution is 2.19. The lowest BCUT2D eigenvalue weighted by atomic mass is 10.0. The first kappa shape index (κ1) is 20.5. The number of benzene rings is 1. The van der Waals surface area contributed by atoms with Crippen LogP contribution >= 0.6 is 15.9 Å². The fourth-order valence-electron chi connectivity index (χ4n) is 2.20. The SMILES string of the molecule is CN(C)S(=O)(=O)CCCc1nonc1/C(Cc1ccc(F)c(Br)c1)=N/O. The van der Waals surface area contributed by atoms with E-state index in [9.17, 15) is 18.0 Å². The Balaban J connectivity index is 2.10. The van der Waals surface area contributed by atoms with Crippen LogP contribution in [0.3, 0.4) is 0 Å². The minimum atomic E-state index is -3.31. The molecule has 0 aliphatic carbocycles. The first-order valence-corrected chi connectivity index (χ1v) is 10.0. The first-order valence-electron chi connectivity index (χ1n) is 7.61. The van der Waals surface area contributed by atoms with Gasteiger partial charge in [0.05, 0.1) is 10.2 Å². The molecule has 1 aromatic heterocycles. The summed E-state index contributed by atoms with van der Waals surface area (Å²) in [5, 5.41) is 20.1. The minimum Gasteiger partial charge on any atom is -0.411 e. The monoisotopic (exact) mass is 448 g/mol. The van der Waals surface area contributed by atoms with Gasteiger partial charge in [-0.1, -0.05) is 16.4 Å². The number of aryl methyl sites for hydroxylation is 1. The molecule has 0 atom stereocenters. The predicted molar refractivity (Wildman–Crippen MR) is 96.2 cm³/mol. The van der Waals surface area contributed by atoms with Crippen LogP contribution in [0.25, 0.3) is 0 Å². The van der Waals surface area contributed by atoms with Crippen LogP contribution in [0.2, 0.25) is 0 Å². The molecule has 1 aromatic carbocycles. The van der Waals surface area contributed by atoms with Crippen molar-refractivity contribution in [2.45, 2.75) is 19.3 Å². The zero-order chi connectivity index (χ0) is 19.3. The van der Waals surface area contributed by atoms with E-state index >= 15 is 0 Å². The van der Waals surface area contributed by atoms with Gasteiger partial charge < -0.3 is 5.21 Å². The molecule has 11 heteroatoms. The summed E-state index contributed by atoms with van der Waals surface area (Å²) < 4.78 is 43.1. The van der Waals surface area contributed by atoms with Crippen molar-refractivity contribution in [2.75, 3.05) is 19.8 Å². The van der Waals surface area contributed by atoms with Crippen molar-refractivity contribution in [2.24, 2.45) is 5.16 Å². The Morgan fingerprint density at radius 3 is 2.73 bits per heavy atom. The average Bonchev–Trinajstić information content (AvgIpc) is 3.04. The quantitative estimate of drug-likeness (QED) is 0.376. The second-order valence-corrected chi connectivity index (χ2v) is 8.89. The third-order valence-corrected chi connectivity index (χ3v) is 6.20. The van der Waals surface area contributed by atoms with Gasteiger partial charge in [-0.05, 0) is 51.6 Å². The molecule has 0 spiro atoms. The summed E-state index contributed by atoms with van der Waals surface area (Å²) in [5.74, 6) is -0.454. The summed E-state index contributed by atoms with van der Waals surface area (Å²) in [6, 6.07) is 4.42. The molecule has 0 unspecified atom stereocenters. The third kappa shape index (κ3) is 5.08. The molecule has 0 fully saturated rings. The molecular formula is C15H18BrFN4O4S. The Bertz CT molecular complexity index is 899. The maximum atomic E-state index is 13.3. The highest BCUT2D eigenvalue weighted by Gasteiger charge is 2.20. The van der Waals surface area contributed by atoms with Crippen molar-refractivity contribution in [3.63, 3.8) is 0 Å². The Hall–Kier alpha value is -1.85. The number of aromatic nitrogens is 2. The van der Waals surface area contributed by atoms with Gasteiger partial charge in [-0.25, -0.2) is 21.7 Å². The van der Waals surface area contributed by atoms with E-state index in [0.717, 1.165) is 4.31 Å². The Morgan fingerprint density at radius 2 is 2.12 bits per heavy atom. The van der Waals surface area contributed by atoms with Crippen LogP contribution < -0.4 is 0 Å². The summed E-state index contributed by atoms with van der Waals surface area (Å²) in [7, 11) is -0.377. The number of hydrogen-bond acceptors (Lipinski definition) is 7. The maximum Gasteiger partial charge on any atom is 0.213 e. The van der Waals surface area contributed by atoms with Crippen molar-refractivity contribution in [3.8, 4) is 0 Å². The van der Waals surface area contributed by atoms with Gasteiger partial charge in [0.1, 0.15) is 17.2 Å². The molecule has 0 aliphatic heterocycles. The summed E-state index contributed by atoms with van der Waals surface area (Å²) in [4.78, 5) is 0. The van der Waals surface area contributed by atoms with Gasteiger partial charge in [-0.15, -0.1) is 0 Å². The van der Waals surface area contributed by atoms with E-state index in [1.54, 1.807) is 12.1 Å². The Kier molecular flexibility index (Phi) is 6.84. The van der Waals surface area contributed by atoms with Gasteiger partial charge in [0, 0.05) is 20.5 Å². The van der Waals surface area contributed by atoms with Crippen LogP contribution in [0.4, 0.5) is 4.39 Å². The fourth-order valence-corrected chi connectivity index (χ4v) is 3.50. The van der Waals surface area contributed by atoms with Gasteiger partial charge >= 0.3 is 0 Å². The summed E-state index contributed by atoms with van der Waals surface area (Å²) in [6.45, 7) is 0. The Labute approximate surface area is 158 Å². The normalized spacial score (nSPS) is 12.7. The average molecular weight is 449 g/mol. The highest BCUT2D eigenvalue weighted by molar-refractivity contribution is 9.10. The number of rotatable bonds is 8. The molecule has 0 amide bonds. The lowest BCUT2D eigenvalue weighted by Crippen LogP contribution is -2.25. The molecule has 142 valence electrons. The van der Waals surface area contributed by atoms with E-state index in [1.165, 1.54) is 20.2 Å². The van der Waals surface area contributed by atoms with Crippen LogP contribution in [-0.4, -0.2) is 53.8 Å². The van der Waals surface area contributed by atoms with E-state index in [1.807, 2.05) is 0 Å². The van der Waals surface area contributed by atoms with Crippen LogP contribution in [-0.2, 0) is 22.9 Å². The lowest BCUT2D eigenvalue weighted by Gasteiger charge is -2.10. The molecule has 8 nitrogen and oxygen atoms in total. The van der Waals surface area contributed by atoms with Crippen LogP contribution in [0.5, 0.6) is 0 Å². The number of oxime groups is 1. The fraction of sp³-hybridized carbons (Fsp3) is 0.400. The van der Waals surface area contributed by atoms with E-state index < -0.39 is 15.8 Å². The molecule has 26 heavy (non-hydrogen) atoms. The molecule has 0 saturated carbocycles. The molecule has 2 rings (SSSR count). The van der Waals surface area contributed by atoms with Gasteiger partial charge in [0.25, 0.3) is 0 Å². The second-order valence-electron chi connectivity index (χ2n) is 5.73. The zero-order valence-electron chi connectivity index (χ0n) is 14.2. The molecule has 2 aromatic rings. The van der Waals surface area contributed by atoms with Crippen molar-refractivity contribution >= 4 is 31.7 Å². The molecule has 1 heterocycles. The van der Waals surface area contributed by atoms with Gasteiger partial charge in [-0.2, -0.15) is 0 Å². The van der Waals surface area contributed by atoms with Crippen LogP contribution in [0, 0.1) is 5.82 Å². The van der Waals surface area contributed by atoms with Crippen LogP contribution in [0.1, 0.15) is 23.4 Å². The van der Waals surface area contributed by atoms with E-state index in [-0.39, 0.29) is 30.0 Å². The van der Waals surface area contributed by atoms with Crippen molar-refractivity contribution in [3.05, 3.63) is 45.4 Å². The third-order valence-electron chi connectivity index (χ3n) is 3.68. The van der Waals surface area contributed by atoms with Gasteiger partial charge in [0.15, 0.2) is 5.69 Å². The second kappa shape index (κ2) is 8.69. The molecular weight excluding hydrogens is 431 g/mol. The van der Waals surface area contributed by atoms with E-state index in [4.69, 9.17) is 4.63 Å². The molecule has 0 aliphatic rings. The van der Waals surface area contributed by atoms with Crippen molar-refractivity contribution < 1.29 is 22.6 Å². The van der Waals surface area contributed by atoms with Gasteiger partial charge in [-0.3, -0.25) is 0 Å². The molecule has 1 N–H and O–H groups in total. The predicted octanol–water partition coefficient (Wildman–Crippen LogP) is 2.22. The van der Waals surface area contributed by atoms with Crippen molar-refractivity contribution in [1.82, 2.24) is 14.6 Å². The number of halogens is 2. The molecule has 0 radical (unpaired) electrons. The van der Waals surface area contributed by atoms with Crippen LogP contribution in [0.15, 0.2) is 32.5 Å². The lowest BCUT2D eigenvalue weighted by molar-refractivity contribution is 0.300. The zero-order valence-corrected chi connectivity index (χ0v) is 16.6. The number of hydrogen-bond donors (Lipinski definition) is 1. The summed E-state index contributed by atoms with van der Waals surface area (Å²) >= 11 is 3.10. The highest BCUT2D eigenvalue weighted by atomic mass is 79.9. The summed E-state index contributed by atoms with van der Waals surface area (Å²) in [5.41, 5.74) is 1.52. The maximum absolute atomic E-state index is 13.3. The first-order chi connectivity index (χ1) is 12.2. The Morgan fingerprint density at radius 1 is 1.38 bits per heavy atom. The number of sulfonamides is 1. The topological polar surface area (TPSA) is 109 Å². The van der Waals surface area contributed by atoms with Crippen molar-refractivity contribution in [1.29, 1.82) is 0 Å². The van der Waals surface area contributed by atoms with E-state index in [2.05, 4.69) is 31.4 Å². The number of nitrogens with zero attached hydrogens (tertiary/aromatic N) is 4. The minimum absolute atomic E-state index is 0.0528. The largest absolute Gasteiger partial charge is 0.411 e. The molecule has 0 bridgehead atoms. The smallest absolute Gasteiger partial charge is 0.213 e.